The van der Waals surface area contributed by atoms with E-state index in [9.17, 15) is 8.42 Å². The second-order valence-corrected chi connectivity index (χ2v) is 8.54. The zero-order valence-corrected chi connectivity index (χ0v) is 14.7. The van der Waals surface area contributed by atoms with E-state index in [1.165, 1.54) is 18.4 Å². The van der Waals surface area contributed by atoms with E-state index in [0.29, 0.717) is 12.3 Å². The molecule has 4 nitrogen and oxygen atoms in total. The van der Waals surface area contributed by atoms with Gasteiger partial charge in [0.25, 0.3) is 0 Å². The Bertz CT molecular complexity index is 947. The predicted octanol–water partition coefficient (Wildman–Crippen LogP) is 3.72. The predicted molar refractivity (Wildman–Crippen MR) is 96.1 cm³/mol. The van der Waals surface area contributed by atoms with Crippen LogP contribution in [-0.4, -0.2) is 15.5 Å². The van der Waals surface area contributed by atoms with E-state index in [1.807, 2.05) is 36.4 Å². The Morgan fingerprint density at radius 2 is 1.75 bits per heavy atom. The highest BCUT2D eigenvalue weighted by molar-refractivity contribution is 7.93. The lowest BCUT2D eigenvalue weighted by Crippen LogP contribution is -2.01. The van der Waals surface area contributed by atoms with Crippen LogP contribution in [0.4, 0.5) is 0 Å². The third-order valence-electron chi connectivity index (χ3n) is 3.64. The molecule has 0 saturated carbocycles. The topological polar surface area (TPSA) is 69.4 Å². The molecule has 124 valence electrons. The quantitative estimate of drug-likeness (QED) is 0.754. The van der Waals surface area contributed by atoms with Crippen LogP contribution < -0.4 is 10.5 Å². The maximum Gasteiger partial charge on any atom is 0.216 e. The van der Waals surface area contributed by atoms with Gasteiger partial charge in [0, 0.05) is 11.4 Å². The molecular weight excluding hydrogens is 342 g/mol. The molecule has 0 spiro atoms. The van der Waals surface area contributed by atoms with E-state index < -0.39 is 9.84 Å². The molecule has 24 heavy (non-hydrogen) atoms. The molecular formula is C18H17NO3S2. The molecule has 0 aliphatic heterocycles. The lowest BCUT2D eigenvalue weighted by molar-refractivity contribution is 0.413. The maximum absolute atomic E-state index is 12.9. The van der Waals surface area contributed by atoms with Gasteiger partial charge in [0.15, 0.2) is 0 Å². The van der Waals surface area contributed by atoms with Gasteiger partial charge in [-0.05, 0) is 41.5 Å². The third-order valence-corrected chi connectivity index (χ3v) is 6.97. The summed E-state index contributed by atoms with van der Waals surface area (Å²) in [5, 5.41) is 0. The average molecular weight is 359 g/mol. The number of hydrogen-bond donors (Lipinski definition) is 1. The van der Waals surface area contributed by atoms with Gasteiger partial charge in [-0.25, -0.2) is 8.42 Å². The fraction of sp³-hybridized carbons (Fsp3) is 0.111. The smallest absolute Gasteiger partial charge is 0.216 e. The van der Waals surface area contributed by atoms with Gasteiger partial charge in [-0.15, -0.1) is 11.3 Å². The number of hydrogen-bond acceptors (Lipinski definition) is 5. The number of nitrogens with two attached hydrogens (primary N) is 1. The molecule has 1 heterocycles. The molecule has 2 N–H and O–H groups in total. The molecule has 0 amide bonds. The van der Waals surface area contributed by atoms with Gasteiger partial charge in [0.1, 0.15) is 9.96 Å². The number of sulfone groups is 1. The zero-order chi connectivity index (χ0) is 17.2. The zero-order valence-electron chi connectivity index (χ0n) is 13.1. The molecule has 0 atom stereocenters. The van der Waals surface area contributed by atoms with Crippen molar-refractivity contribution >= 4 is 21.2 Å². The highest BCUT2D eigenvalue weighted by atomic mass is 32.2. The number of methoxy groups -OCH3 is 1. The Hall–Kier alpha value is -2.15. The minimum atomic E-state index is -3.61. The van der Waals surface area contributed by atoms with Gasteiger partial charge in [-0.2, -0.15) is 0 Å². The summed E-state index contributed by atoms with van der Waals surface area (Å²) in [5.74, 6) is 0.505. The molecule has 0 radical (unpaired) electrons. The van der Waals surface area contributed by atoms with Crippen molar-refractivity contribution < 1.29 is 13.2 Å². The molecule has 0 unspecified atom stereocenters. The Kier molecular flexibility index (Phi) is 4.71. The Morgan fingerprint density at radius 3 is 2.38 bits per heavy atom. The standard InChI is InChI=1S/C18H17NO3S2/c1-22-15-9-14(13-5-3-2-4-6-13)10-17(11-15)24(20,21)18-8-7-16(12-19)23-18/h2-11H,12,19H2,1H3. The lowest BCUT2D eigenvalue weighted by Gasteiger charge is -2.09. The van der Waals surface area contributed by atoms with Crippen molar-refractivity contribution in [2.24, 2.45) is 5.73 Å². The van der Waals surface area contributed by atoms with E-state index in [2.05, 4.69) is 0 Å². The van der Waals surface area contributed by atoms with Gasteiger partial charge in [0.05, 0.1) is 12.0 Å². The van der Waals surface area contributed by atoms with Crippen LogP contribution in [0.1, 0.15) is 4.88 Å². The van der Waals surface area contributed by atoms with Crippen LogP contribution in [0.2, 0.25) is 0 Å². The van der Waals surface area contributed by atoms with Crippen molar-refractivity contribution in [1.29, 1.82) is 0 Å². The Balaban J connectivity index is 2.13. The molecule has 0 saturated heterocycles. The highest BCUT2D eigenvalue weighted by Gasteiger charge is 2.21. The minimum absolute atomic E-state index is 0.214. The minimum Gasteiger partial charge on any atom is -0.497 e. The van der Waals surface area contributed by atoms with Crippen molar-refractivity contribution in [1.82, 2.24) is 0 Å². The van der Waals surface area contributed by atoms with Crippen LogP contribution in [0, 0.1) is 0 Å². The molecule has 0 aliphatic carbocycles. The Labute approximate surface area is 145 Å². The summed E-state index contributed by atoms with van der Waals surface area (Å²) in [5.41, 5.74) is 7.31. The summed E-state index contributed by atoms with van der Waals surface area (Å²) in [6, 6.07) is 18.0. The molecule has 1 aromatic heterocycles. The molecule has 3 rings (SSSR count). The molecule has 6 heteroatoms. The van der Waals surface area contributed by atoms with Crippen molar-refractivity contribution in [3.8, 4) is 16.9 Å². The third kappa shape index (κ3) is 3.21. The van der Waals surface area contributed by atoms with Gasteiger partial charge in [0.2, 0.25) is 9.84 Å². The SMILES string of the molecule is COc1cc(-c2ccccc2)cc(S(=O)(=O)c2ccc(CN)s2)c1. The number of benzene rings is 2. The molecule has 3 aromatic rings. The van der Waals surface area contributed by atoms with Crippen LogP contribution in [0.25, 0.3) is 11.1 Å². The fourth-order valence-electron chi connectivity index (χ4n) is 2.37. The number of thiophene rings is 1. The Morgan fingerprint density at radius 1 is 1.00 bits per heavy atom. The first kappa shape index (κ1) is 16.7. The lowest BCUT2D eigenvalue weighted by atomic mass is 10.1. The van der Waals surface area contributed by atoms with Crippen LogP contribution in [0.5, 0.6) is 5.75 Å². The first-order chi connectivity index (χ1) is 11.5. The first-order valence-corrected chi connectivity index (χ1v) is 9.63. The summed E-state index contributed by atoms with van der Waals surface area (Å²) in [7, 11) is -2.08. The largest absolute Gasteiger partial charge is 0.497 e. The van der Waals surface area contributed by atoms with E-state index in [1.54, 1.807) is 24.3 Å². The van der Waals surface area contributed by atoms with Gasteiger partial charge in [-0.3, -0.25) is 0 Å². The second kappa shape index (κ2) is 6.76. The van der Waals surface area contributed by atoms with E-state index in [0.717, 1.165) is 16.0 Å². The van der Waals surface area contributed by atoms with Crippen LogP contribution in [0.3, 0.4) is 0 Å². The fourth-order valence-corrected chi connectivity index (χ4v) is 5.07. The molecule has 2 aromatic carbocycles. The van der Waals surface area contributed by atoms with Crippen LogP contribution >= 0.6 is 11.3 Å². The first-order valence-electron chi connectivity index (χ1n) is 7.33. The van der Waals surface area contributed by atoms with E-state index in [4.69, 9.17) is 10.5 Å². The summed E-state index contributed by atoms with van der Waals surface area (Å²) in [6.07, 6.45) is 0. The monoisotopic (exact) mass is 359 g/mol. The highest BCUT2D eigenvalue weighted by Crippen LogP contribution is 2.33. The number of rotatable bonds is 5. The van der Waals surface area contributed by atoms with Crippen molar-refractivity contribution in [2.45, 2.75) is 15.6 Å². The maximum atomic E-state index is 12.9. The van der Waals surface area contributed by atoms with E-state index in [-0.39, 0.29) is 9.10 Å². The van der Waals surface area contributed by atoms with Gasteiger partial charge in [-0.1, -0.05) is 30.3 Å². The van der Waals surface area contributed by atoms with E-state index >= 15 is 0 Å². The van der Waals surface area contributed by atoms with Gasteiger partial charge < -0.3 is 10.5 Å². The molecule has 0 fully saturated rings. The van der Waals surface area contributed by atoms with Gasteiger partial charge >= 0.3 is 0 Å². The second-order valence-electron chi connectivity index (χ2n) is 5.19. The number of ether oxygens (including phenoxy) is 1. The van der Waals surface area contributed by atoms with Crippen molar-refractivity contribution in [3.05, 3.63) is 65.5 Å². The molecule has 0 aliphatic rings. The molecule has 0 bridgehead atoms. The van der Waals surface area contributed by atoms with Crippen molar-refractivity contribution in [2.75, 3.05) is 7.11 Å². The normalized spacial score (nSPS) is 11.4. The van der Waals surface area contributed by atoms with Crippen molar-refractivity contribution in [3.63, 3.8) is 0 Å². The summed E-state index contributed by atoms with van der Waals surface area (Å²) in [4.78, 5) is 1.05. The average Bonchev–Trinajstić information content (AvgIpc) is 3.12. The van der Waals surface area contributed by atoms with Crippen LogP contribution in [-0.2, 0) is 16.4 Å². The van der Waals surface area contributed by atoms with Crippen LogP contribution in [0.15, 0.2) is 69.8 Å². The summed E-state index contributed by atoms with van der Waals surface area (Å²) < 4.78 is 31.4. The summed E-state index contributed by atoms with van der Waals surface area (Å²) >= 11 is 1.20. The summed E-state index contributed by atoms with van der Waals surface area (Å²) in [6.45, 7) is 0.327.